The first-order chi connectivity index (χ1) is 13.4. The minimum atomic E-state index is -0.971. The van der Waals surface area contributed by atoms with Gasteiger partial charge in [-0.2, -0.15) is 0 Å². The molecule has 7 heteroatoms. The number of rotatable bonds is 6. The molecule has 2 atom stereocenters. The van der Waals surface area contributed by atoms with E-state index in [-0.39, 0.29) is 18.9 Å². The summed E-state index contributed by atoms with van der Waals surface area (Å²) >= 11 is 5.81. The van der Waals surface area contributed by atoms with E-state index in [9.17, 15) is 14.4 Å². The topological polar surface area (TPSA) is 75.7 Å². The number of anilines is 1. The maximum atomic E-state index is 12.4. The zero-order valence-electron chi connectivity index (χ0n) is 15.4. The Hall–Kier alpha value is -2.86. The van der Waals surface area contributed by atoms with Crippen LogP contribution in [0.1, 0.15) is 18.9 Å². The van der Waals surface area contributed by atoms with Crippen LogP contribution in [-0.4, -0.2) is 35.3 Å². The molecule has 146 valence electrons. The molecule has 1 saturated heterocycles. The lowest BCUT2D eigenvalue weighted by Crippen LogP contribution is -2.33. The van der Waals surface area contributed by atoms with Crippen LogP contribution in [0.25, 0.3) is 0 Å². The Morgan fingerprint density at radius 3 is 2.54 bits per heavy atom. The van der Waals surface area contributed by atoms with Gasteiger partial charge in [-0.25, -0.2) is 0 Å². The van der Waals surface area contributed by atoms with E-state index in [1.54, 1.807) is 29.2 Å². The van der Waals surface area contributed by atoms with Crippen molar-refractivity contribution in [1.82, 2.24) is 4.90 Å². The molecular weight excluding hydrogens is 380 g/mol. The molecule has 1 fully saturated rings. The molecule has 1 aliphatic heterocycles. The van der Waals surface area contributed by atoms with E-state index in [1.807, 2.05) is 30.3 Å². The summed E-state index contributed by atoms with van der Waals surface area (Å²) in [6.45, 7) is 2.25. The number of esters is 1. The second kappa shape index (κ2) is 8.89. The van der Waals surface area contributed by atoms with Gasteiger partial charge >= 0.3 is 5.97 Å². The summed E-state index contributed by atoms with van der Waals surface area (Å²) in [6.07, 6.45) is -0.876. The van der Waals surface area contributed by atoms with Crippen molar-refractivity contribution in [2.75, 3.05) is 11.9 Å². The van der Waals surface area contributed by atoms with E-state index in [2.05, 4.69) is 5.32 Å². The summed E-state index contributed by atoms with van der Waals surface area (Å²) in [5.74, 6) is -1.64. The Balaban J connectivity index is 1.51. The number of benzene rings is 2. The van der Waals surface area contributed by atoms with Crippen LogP contribution in [0.3, 0.4) is 0 Å². The van der Waals surface area contributed by atoms with Crippen LogP contribution >= 0.6 is 11.6 Å². The smallest absolute Gasteiger partial charge is 0.312 e. The van der Waals surface area contributed by atoms with E-state index in [4.69, 9.17) is 16.3 Å². The Kier molecular flexibility index (Phi) is 6.31. The van der Waals surface area contributed by atoms with E-state index < -0.39 is 23.9 Å². The van der Waals surface area contributed by atoms with Gasteiger partial charge in [-0.3, -0.25) is 14.4 Å². The van der Waals surface area contributed by atoms with Crippen LogP contribution < -0.4 is 5.32 Å². The van der Waals surface area contributed by atoms with Crippen LogP contribution in [0.2, 0.25) is 5.02 Å². The number of likely N-dealkylation sites (tertiary alicyclic amines) is 1. The number of ether oxygens (including phenoxy) is 1. The van der Waals surface area contributed by atoms with Crippen molar-refractivity contribution in [2.45, 2.75) is 26.0 Å². The van der Waals surface area contributed by atoms with Gasteiger partial charge in [0.15, 0.2) is 6.10 Å². The molecule has 2 aromatic rings. The lowest BCUT2D eigenvalue weighted by atomic mass is 10.1. The van der Waals surface area contributed by atoms with E-state index in [0.717, 1.165) is 5.56 Å². The third kappa shape index (κ3) is 5.10. The first-order valence-corrected chi connectivity index (χ1v) is 9.39. The Bertz CT molecular complexity index is 854. The minimum absolute atomic E-state index is 0.0935. The van der Waals surface area contributed by atoms with Crippen LogP contribution in [0.5, 0.6) is 0 Å². The first-order valence-electron chi connectivity index (χ1n) is 9.01. The molecule has 0 bridgehead atoms. The Morgan fingerprint density at radius 1 is 1.18 bits per heavy atom. The van der Waals surface area contributed by atoms with Gasteiger partial charge in [0.05, 0.1) is 5.92 Å². The van der Waals surface area contributed by atoms with Gasteiger partial charge in [0.2, 0.25) is 5.91 Å². The fourth-order valence-electron chi connectivity index (χ4n) is 2.99. The second-order valence-electron chi connectivity index (χ2n) is 6.74. The molecule has 0 radical (unpaired) electrons. The van der Waals surface area contributed by atoms with Crippen molar-refractivity contribution >= 4 is 35.1 Å². The van der Waals surface area contributed by atoms with E-state index >= 15 is 0 Å². The molecule has 0 saturated carbocycles. The summed E-state index contributed by atoms with van der Waals surface area (Å²) in [7, 11) is 0. The van der Waals surface area contributed by atoms with Crippen molar-refractivity contribution in [3.8, 4) is 0 Å². The molecule has 2 amide bonds. The number of nitrogens with one attached hydrogen (secondary N) is 1. The molecule has 3 rings (SSSR count). The third-order valence-corrected chi connectivity index (χ3v) is 4.79. The summed E-state index contributed by atoms with van der Waals surface area (Å²) in [5, 5.41) is 3.22. The average molecular weight is 401 g/mol. The Morgan fingerprint density at radius 2 is 1.86 bits per heavy atom. The number of amides is 2. The van der Waals surface area contributed by atoms with Crippen molar-refractivity contribution in [3.63, 3.8) is 0 Å². The SMILES string of the molecule is C[C@H](OC(=O)[C@@H]1CC(=O)N(Cc2ccccc2)C1)C(=O)Nc1ccc(Cl)cc1. The standard InChI is InChI=1S/C21H21ClN2O4/c1-14(20(26)23-18-9-7-17(22)8-10-18)28-21(27)16-11-19(25)24(13-16)12-15-5-3-2-4-6-15/h2-10,14,16H,11-13H2,1H3,(H,23,26)/t14-,16+/m0/s1. The van der Waals surface area contributed by atoms with Gasteiger partial charge in [-0.05, 0) is 36.8 Å². The summed E-state index contributed by atoms with van der Waals surface area (Å²) in [6, 6.07) is 16.2. The first kappa shape index (κ1) is 19.9. The van der Waals surface area contributed by atoms with Gasteiger partial charge in [0, 0.05) is 30.2 Å². The average Bonchev–Trinajstić information content (AvgIpc) is 3.05. The number of halogens is 1. The Labute approximate surface area is 168 Å². The fraction of sp³-hybridized carbons (Fsp3) is 0.286. The lowest BCUT2D eigenvalue weighted by Gasteiger charge is -2.18. The molecule has 2 aromatic carbocycles. The van der Waals surface area contributed by atoms with Crippen molar-refractivity contribution < 1.29 is 19.1 Å². The molecule has 28 heavy (non-hydrogen) atoms. The second-order valence-corrected chi connectivity index (χ2v) is 7.17. The molecule has 1 aliphatic rings. The molecule has 1 N–H and O–H groups in total. The molecule has 6 nitrogen and oxygen atoms in total. The van der Waals surface area contributed by atoms with Gasteiger partial charge in [-0.1, -0.05) is 41.9 Å². The predicted octanol–water partition coefficient (Wildman–Crippen LogP) is 3.26. The highest BCUT2D eigenvalue weighted by Crippen LogP contribution is 2.22. The zero-order chi connectivity index (χ0) is 20.1. The maximum absolute atomic E-state index is 12.4. The largest absolute Gasteiger partial charge is 0.452 e. The maximum Gasteiger partial charge on any atom is 0.312 e. The van der Waals surface area contributed by atoms with Crippen molar-refractivity contribution in [1.29, 1.82) is 0 Å². The molecule has 0 spiro atoms. The molecule has 0 aliphatic carbocycles. The van der Waals surface area contributed by atoms with Crippen LogP contribution in [0.4, 0.5) is 5.69 Å². The van der Waals surface area contributed by atoms with Gasteiger partial charge in [0.25, 0.3) is 5.91 Å². The molecule has 1 heterocycles. The highest BCUT2D eigenvalue weighted by molar-refractivity contribution is 6.30. The highest BCUT2D eigenvalue weighted by atomic mass is 35.5. The predicted molar refractivity (Wildman–Crippen MR) is 106 cm³/mol. The van der Waals surface area contributed by atoms with E-state index in [1.165, 1.54) is 6.92 Å². The monoisotopic (exact) mass is 400 g/mol. The van der Waals surface area contributed by atoms with E-state index in [0.29, 0.717) is 17.3 Å². The highest BCUT2D eigenvalue weighted by Gasteiger charge is 2.36. The summed E-state index contributed by atoms with van der Waals surface area (Å²) < 4.78 is 5.28. The molecule has 0 unspecified atom stereocenters. The number of carbonyl (C=O) groups is 3. The van der Waals surface area contributed by atoms with Crippen molar-refractivity contribution in [3.05, 3.63) is 65.2 Å². The summed E-state index contributed by atoms with van der Waals surface area (Å²) in [4.78, 5) is 38.5. The number of nitrogens with zero attached hydrogens (tertiary/aromatic N) is 1. The molecule has 0 aromatic heterocycles. The van der Waals surface area contributed by atoms with Crippen molar-refractivity contribution in [2.24, 2.45) is 5.92 Å². The molecular formula is C21H21ClN2O4. The third-order valence-electron chi connectivity index (χ3n) is 4.54. The normalized spacial score (nSPS) is 17.3. The van der Waals surface area contributed by atoms with Crippen LogP contribution in [-0.2, 0) is 25.7 Å². The number of hydrogen-bond acceptors (Lipinski definition) is 4. The quantitative estimate of drug-likeness (QED) is 0.755. The lowest BCUT2D eigenvalue weighted by molar-refractivity contribution is -0.157. The fourth-order valence-corrected chi connectivity index (χ4v) is 3.11. The summed E-state index contributed by atoms with van der Waals surface area (Å²) in [5.41, 5.74) is 1.56. The van der Waals surface area contributed by atoms with Gasteiger partial charge in [-0.15, -0.1) is 0 Å². The zero-order valence-corrected chi connectivity index (χ0v) is 16.2. The number of hydrogen-bond donors (Lipinski definition) is 1. The van der Waals surface area contributed by atoms with Gasteiger partial charge in [0.1, 0.15) is 0 Å². The minimum Gasteiger partial charge on any atom is -0.452 e. The van der Waals surface area contributed by atoms with Gasteiger partial charge < -0.3 is 15.0 Å². The van der Waals surface area contributed by atoms with Crippen LogP contribution in [0, 0.1) is 5.92 Å². The number of carbonyl (C=O) groups excluding carboxylic acids is 3. The van der Waals surface area contributed by atoms with Crippen LogP contribution in [0.15, 0.2) is 54.6 Å².